The SMILES string of the molecule is CCOc1cccnc1CSCCN. The van der Waals surface area contributed by atoms with Crippen molar-refractivity contribution in [1.29, 1.82) is 0 Å². The monoisotopic (exact) mass is 212 g/mol. The van der Waals surface area contributed by atoms with E-state index in [9.17, 15) is 0 Å². The fraction of sp³-hybridized carbons (Fsp3) is 0.500. The summed E-state index contributed by atoms with van der Waals surface area (Å²) < 4.78 is 5.46. The summed E-state index contributed by atoms with van der Waals surface area (Å²) >= 11 is 1.78. The molecule has 0 unspecified atom stereocenters. The summed E-state index contributed by atoms with van der Waals surface area (Å²) in [4.78, 5) is 4.28. The molecule has 0 saturated carbocycles. The fourth-order valence-electron chi connectivity index (χ4n) is 1.07. The maximum atomic E-state index is 5.46. The number of ether oxygens (including phenoxy) is 1. The topological polar surface area (TPSA) is 48.1 Å². The molecule has 1 aromatic heterocycles. The van der Waals surface area contributed by atoms with Crippen molar-refractivity contribution in [3.8, 4) is 5.75 Å². The smallest absolute Gasteiger partial charge is 0.141 e. The van der Waals surface area contributed by atoms with Crippen LogP contribution in [0, 0.1) is 0 Å². The Labute approximate surface area is 89.1 Å². The highest BCUT2D eigenvalue weighted by Crippen LogP contribution is 2.20. The first kappa shape index (κ1) is 11.3. The van der Waals surface area contributed by atoms with Crippen molar-refractivity contribution in [1.82, 2.24) is 4.98 Å². The predicted octanol–water partition coefficient (Wildman–Crippen LogP) is 1.67. The molecule has 78 valence electrons. The van der Waals surface area contributed by atoms with Crippen LogP contribution in [0.25, 0.3) is 0 Å². The normalized spacial score (nSPS) is 10.1. The number of nitrogens with zero attached hydrogens (tertiary/aromatic N) is 1. The highest BCUT2D eigenvalue weighted by atomic mass is 32.2. The van der Waals surface area contributed by atoms with Crippen LogP contribution in [-0.2, 0) is 5.75 Å². The van der Waals surface area contributed by atoms with Gasteiger partial charge in [0, 0.05) is 24.2 Å². The van der Waals surface area contributed by atoms with E-state index in [0.29, 0.717) is 13.2 Å². The standard InChI is InChI=1S/C10H16N2OS/c1-2-13-10-4-3-6-12-9(10)8-14-7-5-11/h3-4,6H,2,5,7-8,11H2,1H3. The molecule has 0 spiro atoms. The Bertz CT molecular complexity index is 268. The van der Waals surface area contributed by atoms with E-state index >= 15 is 0 Å². The highest BCUT2D eigenvalue weighted by Gasteiger charge is 2.02. The Hall–Kier alpha value is -0.740. The second kappa shape index (κ2) is 6.68. The Kier molecular flexibility index (Phi) is 5.40. The molecule has 0 aromatic carbocycles. The minimum atomic E-state index is 0.681. The quantitative estimate of drug-likeness (QED) is 0.729. The first-order chi connectivity index (χ1) is 6.88. The molecule has 0 aliphatic heterocycles. The van der Waals surface area contributed by atoms with E-state index in [2.05, 4.69) is 4.98 Å². The number of rotatable bonds is 6. The first-order valence-electron chi connectivity index (χ1n) is 4.73. The molecule has 0 fully saturated rings. The van der Waals surface area contributed by atoms with Crippen molar-refractivity contribution >= 4 is 11.8 Å². The lowest BCUT2D eigenvalue weighted by atomic mass is 10.3. The molecule has 1 aromatic rings. The van der Waals surface area contributed by atoms with Crippen LogP contribution in [0.5, 0.6) is 5.75 Å². The van der Waals surface area contributed by atoms with E-state index in [1.54, 1.807) is 18.0 Å². The molecular weight excluding hydrogens is 196 g/mol. The fourth-order valence-corrected chi connectivity index (χ4v) is 1.79. The van der Waals surface area contributed by atoms with Gasteiger partial charge in [-0.1, -0.05) is 0 Å². The molecule has 0 bridgehead atoms. The van der Waals surface area contributed by atoms with Gasteiger partial charge in [-0.2, -0.15) is 11.8 Å². The minimum absolute atomic E-state index is 0.681. The van der Waals surface area contributed by atoms with E-state index in [0.717, 1.165) is 22.9 Å². The van der Waals surface area contributed by atoms with E-state index in [-0.39, 0.29) is 0 Å². The zero-order valence-corrected chi connectivity index (χ0v) is 9.22. The Morgan fingerprint density at radius 2 is 2.43 bits per heavy atom. The van der Waals surface area contributed by atoms with Gasteiger partial charge in [0.1, 0.15) is 5.75 Å². The van der Waals surface area contributed by atoms with Crippen LogP contribution < -0.4 is 10.5 Å². The molecular formula is C10H16N2OS. The summed E-state index contributed by atoms with van der Waals surface area (Å²) in [6.07, 6.45) is 1.79. The predicted molar refractivity (Wildman–Crippen MR) is 60.6 cm³/mol. The number of thioether (sulfide) groups is 1. The number of pyridine rings is 1. The van der Waals surface area contributed by atoms with Gasteiger partial charge >= 0.3 is 0 Å². The molecule has 1 rings (SSSR count). The maximum Gasteiger partial charge on any atom is 0.141 e. The van der Waals surface area contributed by atoms with Gasteiger partial charge in [0.2, 0.25) is 0 Å². The number of hydrogen-bond donors (Lipinski definition) is 1. The van der Waals surface area contributed by atoms with E-state index in [1.165, 1.54) is 0 Å². The average molecular weight is 212 g/mol. The van der Waals surface area contributed by atoms with Crippen molar-refractivity contribution in [3.63, 3.8) is 0 Å². The van der Waals surface area contributed by atoms with Crippen molar-refractivity contribution in [2.75, 3.05) is 18.9 Å². The molecule has 3 nitrogen and oxygen atoms in total. The van der Waals surface area contributed by atoms with Gasteiger partial charge < -0.3 is 10.5 Å². The van der Waals surface area contributed by atoms with Crippen LogP contribution in [0.2, 0.25) is 0 Å². The van der Waals surface area contributed by atoms with E-state index in [4.69, 9.17) is 10.5 Å². The Balaban J connectivity index is 2.55. The third kappa shape index (κ3) is 3.55. The van der Waals surface area contributed by atoms with Gasteiger partial charge in [-0.25, -0.2) is 0 Å². The summed E-state index contributed by atoms with van der Waals surface area (Å²) in [7, 11) is 0. The van der Waals surface area contributed by atoms with Gasteiger partial charge in [-0.15, -0.1) is 0 Å². The van der Waals surface area contributed by atoms with Crippen LogP contribution in [0.3, 0.4) is 0 Å². The molecule has 2 N–H and O–H groups in total. The van der Waals surface area contributed by atoms with Crippen LogP contribution >= 0.6 is 11.8 Å². The summed E-state index contributed by atoms with van der Waals surface area (Å²) in [6.45, 7) is 3.37. The number of hydrogen-bond acceptors (Lipinski definition) is 4. The molecule has 4 heteroatoms. The van der Waals surface area contributed by atoms with E-state index < -0.39 is 0 Å². The lowest BCUT2D eigenvalue weighted by Crippen LogP contribution is -2.03. The van der Waals surface area contributed by atoms with Crippen molar-refractivity contribution in [2.24, 2.45) is 5.73 Å². The minimum Gasteiger partial charge on any atom is -0.492 e. The Morgan fingerprint density at radius 1 is 1.57 bits per heavy atom. The molecule has 14 heavy (non-hydrogen) atoms. The van der Waals surface area contributed by atoms with Gasteiger partial charge in [0.25, 0.3) is 0 Å². The number of nitrogens with two attached hydrogens (primary N) is 1. The summed E-state index contributed by atoms with van der Waals surface area (Å²) in [5.41, 5.74) is 6.42. The van der Waals surface area contributed by atoms with Crippen LogP contribution in [0.1, 0.15) is 12.6 Å². The largest absolute Gasteiger partial charge is 0.492 e. The summed E-state index contributed by atoms with van der Waals surface area (Å²) in [5, 5.41) is 0. The molecule has 0 atom stereocenters. The van der Waals surface area contributed by atoms with Crippen LogP contribution in [-0.4, -0.2) is 23.9 Å². The van der Waals surface area contributed by atoms with Gasteiger partial charge in [-0.05, 0) is 19.1 Å². The molecule has 1 heterocycles. The second-order valence-corrected chi connectivity index (χ2v) is 3.83. The third-order valence-electron chi connectivity index (χ3n) is 1.65. The third-order valence-corrected chi connectivity index (χ3v) is 2.65. The van der Waals surface area contributed by atoms with Crippen molar-refractivity contribution in [3.05, 3.63) is 24.0 Å². The van der Waals surface area contributed by atoms with Crippen LogP contribution in [0.4, 0.5) is 0 Å². The van der Waals surface area contributed by atoms with Gasteiger partial charge in [0.15, 0.2) is 0 Å². The first-order valence-corrected chi connectivity index (χ1v) is 5.88. The molecule has 0 saturated heterocycles. The van der Waals surface area contributed by atoms with Gasteiger partial charge in [0.05, 0.1) is 12.3 Å². The number of aromatic nitrogens is 1. The van der Waals surface area contributed by atoms with E-state index in [1.807, 2.05) is 19.1 Å². The lowest BCUT2D eigenvalue weighted by Gasteiger charge is -2.07. The molecule has 0 aliphatic carbocycles. The Morgan fingerprint density at radius 3 is 3.14 bits per heavy atom. The molecule has 0 aliphatic rings. The zero-order chi connectivity index (χ0) is 10.2. The summed E-state index contributed by atoms with van der Waals surface area (Å²) in [5.74, 6) is 2.72. The maximum absolute atomic E-state index is 5.46. The van der Waals surface area contributed by atoms with Gasteiger partial charge in [-0.3, -0.25) is 4.98 Å². The van der Waals surface area contributed by atoms with Crippen LogP contribution in [0.15, 0.2) is 18.3 Å². The second-order valence-electron chi connectivity index (χ2n) is 2.72. The lowest BCUT2D eigenvalue weighted by molar-refractivity contribution is 0.336. The highest BCUT2D eigenvalue weighted by molar-refractivity contribution is 7.98. The average Bonchev–Trinajstić information content (AvgIpc) is 2.21. The zero-order valence-electron chi connectivity index (χ0n) is 8.40. The van der Waals surface area contributed by atoms with Crippen molar-refractivity contribution in [2.45, 2.75) is 12.7 Å². The molecule has 0 radical (unpaired) electrons. The molecule has 0 amide bonds. The van der Waals surface area contributed by atoms with Crippen molar-refractivity contribution < 1.29 is 4.74 Å². The summed E-state index contributed by atoms with van der Waals surface area (Å²) in [6, 6.07) is 3.84.